The van der Waals surface area contributed by atoms with E-state index < -0.39 is 17.7 Å². The lowest BCUT2D eigenvalue weighted by Gasteiger charge is -2.34. The Hall–Kier alpha value is -3.72. The van der Waals surface area contributed by atoms with Crippen LogP contribution in [0.15, 0.2) is 72.5 Å². The van der Waals surface area contributed by atoms with Crippen molar-refractivity contribution in [2.24, 2.45) is 0 Å². The van der Waals surface area contributed by atoms with Crippen molar-refractivity contribution in [1.82, 2.24) is 4.90 Å². The first-order valence-corrected chi connectivity index (χ1v) is 9.49. The van der Waals surface area contributed by atoms with E-state index in [-0.39, 0.29) is 36.6 Å². The normalized spacial score (nSPS) is 16.2. The highest BCUT2D eigenvalue weighted by Crippen LogP contribution is 2.38. The molecule has 2 aromatic carbocycles. The third kappa shape index (κ3) is 4.15. The Balaban J connectivity index is 2.07. The molecule has 0 aromatic heterocycles. The number of benzene rings is 2. The number of allylic oxidation sites excluding steroid dienone is 1. The van der Waals surface area contributed by atoms with Gasteiger partial charge in [-0.3, -0.25) is 4.79 Å². The number of nitrogens with zero attached hydrogens (tertiary/aromatic N) is 2. The highest BCUT2D eigenvalue weighted by Gasteiger charge is 2.38. The Morgan fingerprint density at radius 1 is 1.30 bits per heavy atom. The number of carbonyl (C=O) groups is 2. The zero-order valence-electron chi connectivity index (χ0n) is 16.6. The first kappa shape index (κ1) is 21.0. The molecule has 0 saturated carbocycles. The number of ether oxygens (including phenoxy) is 1. The predicted octanol–water partition coefficient (Wildman–Crippen LogP) is 4.22. The van der Waals surface area contributed by atoms with E-state index in [2.05, 4.69) is 12.6 Å². The molecule has 1 unspecified atom stereocenters. The summed E-state index contributed by atoms with van der Waals surface area (Å²) in [5.41, 5.74) is 2.01. The number of hydrogen-bond donors (Lipinski definition) is 0. The van der Waals surface area contributed by atoms with E-state index in [4.69, 9.17) is 4.74 Å². The second-order valence-electron chi connectivity index (χ2n) is 6.91. The summed E-state index contributed by atoms with van der Waals surface area (Å²) in [6, 6.07) is 15.2. The van der Waals surface area contributed by atoms with Crippen molar-refractivity contribution in [3.05, 3.63) is 95.0 Å². The fourth-order valence-corrected chi connectivity index (χ4v) is 3.64. The average molecular weight is 404 g/mol. The van der Waals surface area contributed by atoms with Crippen LogP contribution in [0.1, 0.15) is 36.0 Å². The summed E-state index contributed by atoms with van der Waals surface area (Å²) in [5.74, 6) is -2.11. The van der Waals surface area contributed by atoms with Crippen molar-refractivity contribution in [1.29, 1.82) is 5.26 Å². The van der Waals surface area contributed by atoms with Gasteiger partial charge in [-0.2, -0.15) is 5.26 Å². The molecule has 2 aromatic rings. The van der Waals surface area contributed by atoms with Gasteiger partial charge in [0, 0.05) is 18.0 Å². The van der Waals surface area contributed by atoms with E-state index >= 15 is 0 Å². The van der Waals surface area contributed by atoms with Gasteiger partial charge in [-0.05, 0) is 30.2 Å². The molecular formula is C24H21FN2O3. The Labute approximate surface area is 174 Å². The van der Waals surface area contributed by atoms with Gasteiger partial charge < -0.3 is 9.64 Å². The summed E-state index contributed by atoms with van der Waals surface area (Å²) < 4.78 is 19.8. The Morgan fingerprint density at radius 2 is 2.00 bits per heavy atom. The molecule has 0 radical (unpaired) electrons. The number of esters is 1. The summed E-state index contributed by atoms with van der Waals surface area (Å²) in [5, 5.41) is 9.35. The molecule has 0 saturated heterocycles. The van der Waals surface area contributed by atoms with Gasteiger partial charge in [-0.15, -0.1) is 0 Å². The molecule has 5 nitrogen and oxygen atoms in total. The monoisotopic (exact) mass is 404 g/mol. The summed E-state index contributed by atoms with van der Waals surface area (Å²) in [4.78, 5) is 27.3. The lowest BCUT2D eigenvalue weighted by molar-refractivity contribution is -0.139. The number of rotatable bonds is 6. The van der Waals surface area contributed by atoms with Crippen LogP contribution in [-0.4, -0.2) is 23.4 Å². The third-order valence-corrected chi connectivity index (χ3v) is 5.12. The first-order chi connectivity index (χ1) is 14.5. The fraction of sp³-hybridized carbons (Fsp3) is 0.208. The van der Waals surface area contributed by atoms with Crippen LogP contribution in [0.4, 0.5) is 4.39 Å². The van der Waals surface area contributed by atoms with Crippen LogP contribution in [0, 0.1) is 17.1 Å². The van der Waals surface area contributed by atoms with Crippen LogP contribution >= 0.6 is 0 Å². The number of hydrogen-bond acceptors (Lipinski definition) is 4. The maximum absolute atomic E-state index is 14.5. The molecule has 30 heavy (non-hydrogen) atoms. The SMILES string of the molecule is C=CCOC(=O)C1=C(C)N(Cc2ccccc2C#N)C(=O)CC1c1ccccc1F. The minimum atomic E-state index is -0.751. The van der Waals surface area contributed by atoms with Gasteiger partial charge in [0.2, 0.25) is 5.91 Å². The lowest BCUT2D eigenvalue weighted by Crippen LogP contribution is -2.38. The van der Waals surface area contributed by atoms with E-state index in [0.717, 1.165) is 0 Å². The van der Waals surface area contributed by atoms with Crippen LogP contribution in [0.3, 0.4) is 0 Å². The number of nitriles is 1. The number of amides is 1. The molecule has 152 valence electrons. The standard InChI is InChI=1S/C24H21FN2O3/c1-3-12-30-24(29)23-16(2)27(15-18-9-5-4-8-17(18)14-26)22(28)13-20(23)19-10-6-7-11-21(19)25/h3-11,20H,1,12-13,15H2,2H3. The topological polar surface area (TPSA) is 70.4 Å². The zero-order chi connectivity index (χ0) is 21.7. The molecule has 3 rings (SSSR count). The van der Waals surface area contributed by atoms with Crippen molar-refractivity contribution >= 4 is 11.9 Å². The molecule has 1 atom stereocenters. The van der Waals surface area contributed by atoms with Gasteiger partial charge in [0.05, 0.1) is 23.8 Å². The van der Waals surface area contributed by atoms with E-state index in [1.807, 2.05) is 0 Å². The second-order valence-corrected chi connectivity index (χ2v) is 6.91. The molecule has 0 spiro atoms. The van der Waals surface area contributed by atoms with Crippen LogP contribution in [0.5, 0.6) is 0 Å². The number of carbonyl (C=O) groups excluding carboxylic acids is 2. The zero-order valence-corrected chi connectivity index (χ0v) is 16.6. The first-order valence-electron chi connectivity index (χ1n) is 9.49. The number of halogens is 1. The van der Waals surface area contributed by atoms with Crippen LogP contribution in [0.25, 0.3) is 0 Å². The molecule has 1 heterocycles. The minimum absolute atomic E-state index is 0.00478. The molecule has 1 amide bonds. The van der Waals surface area contributed by atoms with Crippen molar-refractivity contribution < 1.29 is 18.7 Å². The highest BCUT2D eigenvalue weighted by molar-refractivity contribution is 5.96. The summed E-state index contributed by atoms with van der Waals surface area (Å²) in [7, 11) is 0. The van der Waals surface area contributed by atoms with Crippen molar-refractivity contribution in [2.45, 2.75) is 25.8 Å². The van der Waals surface area contributed by atoms with Crippen molar-refractivity contribution in [2.75, 3.05) is 6.61 Å². The maximum Gasteiger partial charge on any atom is 0.336 e. The van der Waals surface area contributed by atoms with Gasteiger partial charge in [0.1, 0.15) is 12.4 Å². The lowest BCUT2D eigenvalue weighted by atomic mass is 9.83. The minimum Gasteiger partial charge on any atom is -0.458 e. The second kappa shape index (κ2) is 9.19. The van der Waals surface area contributed by atoms with Crippen LogP contribution < -0.4 is 0 Å². The van der Waals surface area contributed by atoms with E-state index in [9.17, 15) is 19.2 Å². The molecule has 0 bridgehead atoms. The van der Waals surface area contributed by atoms with Gasteiger partial charge in [0.25, 0.3) is 0 Å². The summed E-state index contributed by atoms with van der Waals surface area (Å²) >= 11 is 0. The molecule has 1 aliphatic heterocycles. The molecular weight excluding hydrogens is 383 g/mol. The molecule has 0 N–H and O–H groups in total. The molecule has 6 heteroatoms. The van der Waals surface area contributed by atoms with Crippen LogP contribution in [-0.2, 0) is 20.9 Å². The van der Waals surface area contributed by atoms with Gasteiger partial charge in [-0.1, -0.05) is 49.1 Å². The van der Waals surface area contributed by atoms with Crippen molar-refractivity contribution in [3.8, 4) is 6.07 Å². The van der Waals surface area contributed by atoms with Gasteiger partial charge in [-0.25, -0.2) is 9.18 Å². The van der Waals surface area contributed by atoms with E-state index in [1.54, 1.807) is 49.4 Å². The quantitative estimate of drug-likeness (QED) is 0.534. The van der Waals surface area contributed by atoms with Crippen molar-refractivity contribution in [3.63, 3.8) is 0 Å². The third-order valence-electron chi connectivity index (χ3n) is 5.12. The van der Waals surface area contributed by atoms with E-state index in [1.165, 1.54) is 17.0 Å². The summed E-state index contributed by atoms with van der Waals surface area (Å²) in [6.07, 6.45) is 1.37. The predicted molar refractivity (Wildman–Crippen MR) is 109 cm³/mol. The largest absolute Gasteiger partial charge is 0.458 e. The highest BCUT2D eigenvalue weighted by atomic mass is 19.1. The van der Waals surface area contributed by atoms with Crippen LogP contribution in [0.2, 0.25) is 0 Å². The maximum atomic E-state index is 14.5. The van der Waals surface area contributed by atoms with E-state index in [0.29, 0.717) is 16.8 Å². The average Bonchev–Trinajstić information content (AvgIpc) is 2.75. The van der Waals surface area contributed by atoms with Gasteiger partial charge in [0.15, 0.2) is 0 Å². The molecule has 0 fully saturated rings. The smallest absolute Gasteiger partial charge is 0.336 e. The molecule has 0 aliphatic carbocycles. The van der Waals surface area contributed by atoms with Gasteiger partial charge >= 0.3 is 5.97 Å². The Bertz CT molecular complexity index is 1070. The summed E-state index contributed by atoms with van der Waals surface area (Å²) in [6.45, 7) is 5.33. The molecule has 1 aliphatic rings. The Morgan fingerprint density at radius 3 is 2.70 bits per heavy atom. The Kier molecular flexibility index (Phi) is 6.43. The fourth-order valence-electron chi connectivity index (χ4n) is 3.64.